The first-order chi connectivity index (χ1) is 11.7. The van der Waals surface area contributed by atoms with Gasteiger partial charge in [-0.2, -0.15) is 0 Å². The van der Waals surface area contributed by atoms with Gasteiger partial charge in [-0.15, -0.1) is 11.3 Å². The van der Waals surface area contributed by atoms with Crippen molar-refractivity contribution in [2.24, 2.45) is 0 Å². The summed E-state index contributed by atoms with van der Waals surface area (Å²) in [5.41, 5.74) is 1.81. The second-order valence-corrected chi connectivity index (χ2v) is 8.67. The third-order valence-corrected chi connectivity index (χ3v) is 5.86. The van der Waals surface area contributed by atoms with Gasteiger partial charge in [0.1, 0.15) is 0 Å². The Labute approximate surface area is 152 Å². The molecule has 0 N–H and O–H groups in total. The van der Waals surface area contributed by atoms with Crippen molar-refractivity contribution in [3.05, 3.63) is 45.9 Å². The van der Waals surface area contributed by atoms with Gasteiger partial charge in [-0.05, 0) is 38.6 Å². The van der Waals surface area contributed by atoms with E-state index in [1.54, 1.807) is 19.1 Å². The van der Waals surface area contributed by atoms with E-state index in [2.05, 4.69) is 9.88 Å². The van der Waals surface area contributed by atoms with Crippen LogP contribution in [0.1, 0.15) is 40.9 Å². The highest BCUT2D eigenvalue weighted by Gasteiger charge is 2.17. The fourth-order valence-electron chi connectivity index (χ4n) is 2.31. The molecule has 0 amide bonds. The minimum atomic E-state index is -3.19. The van der Waals surface area contributed by atoms with E-state index in [0.717, 1.165) is 11.3 Å². The average Bonchev–Trinajstić information content (AvgIpc) is 3.02. The van der Waals surface area contributed by atoms with E-state index >= 15 is 0 Å². The van der Waals surface area contributed by atoms with Crippen molar-refractivity contribution in [1.82, 2.24) is 9.88 Å². The zero-order valence-electron chi connectivity index (χ0n) is 14.7. The maximum atomic E-state index is 11.7. The molecule has 2 rings (SSSR count). The fraction of sp³-hybridized carbons (Fsp3) is 0.412. The lowest BCUT2D eigenvalue weighted by Gasteiger charge is -2.24. The molecule has 0 fully saturated rings. The van der Waals surface area contributed by atoms with Crippen LogP contribution in [0.15, 0.2) is 34.5 Å². The number of carbonyl (C=O) groups excluding carboxylic acids is 1. The Balaban J connectivity index is 2.05. The lowest BCUT2D eigenvalue weighted by atomic mass is 10.1. The van der Waals surface area contributed by atoms with Crippen LogP contribution in [0, 0.1) is 0 Å². The largest absolute Gasteiger partial charge is 0.461 e. The van der Waals surface area contributed by atoms with Crippen molar-refractivity contribution >= 4 is 27.1 Å². The molecule has 0 saturated heterocycles. The summed E-state index contributed by atoms with van der Waals surface area (Å²) in [6.45, 7) is 4.70. The van der Waals surface area contributed by atoms with Gasteiger partial charge in [0.2, 0.25) is 5.01 Å². The number of ether oxygens (including phenoxy) is 1. The number of thiazole rings is 1. The Kier molecular flexibility index (Phi) is 6.31. The lowest BCUT2D eigenvalue weighted by molar-refractivity contribution is 0.0525. The summed E-state index contributed by atoms with van der Waals surface area (Å²) in [7, 11) is -1.23. The summed E-state index contributed by atoms with van der Waals surface area (Å²) in [5, 5.41) is 2.21. The highest BCUT2D eigenvalue weighted by atomic mass is 32.2. The normalized spacial score (nSPS) is 13.0. The Morgan fingerprint density at radius 3 is 2.52 bits per heavy atom. The van der Waals surface area contributed by atoms with Gasteiger partial charge in [-0.3, -0.25) is 4.90 Å². The fourth-order valence-corrected chi connectivity index (χ4v) is 3.64. The van der Waals surface area contributed by atoms with Gasteiger partial charge in [0.25, 0.3) is 0 Å². The van der Waals surface area contributed by atoms with Gasteiger partial charge in [-0.1, -0.05) is 12.1 Å². The van der Waals surface area contributed by atoms with Gasteiger partial charge in [0, 0.05) is 24.2 Å². The Bertz CT molecular complexity index is 829. The monoisotopic (exact) mass is 382 g/mol. The molecule has 136 valence electrons. The summed E-state index contributed by atoms with van der Waals surface area (Å²) >= 11 is 1.27. The minimum Gasteiger partial charge on any atom is -0.461 e. The Hall–Kier alpha value is -1.77. The summed E-state index contributed by atoms with van der Waals surface area (Å²) < 4.78 is 28.0. The number of carbonyl (C=O) groups is 1. The van der Waals surface area contributed by atoms with Crippen molar-refractivity contribution in [1.29, 1.82) is 0 Å². The number of hydrogen-bond donors (Lipinski definition) is 0. The topological polar surface area (TPSA) is 76.6 Å². The molecule has 0 saturated carbocycles. The van der Waals surface area contributed by atoms with Crippen LogP contribution in [0.2, 0.25) is 0 Å². The van der Waals surface area contributed by atoms with Crippen LogP contribution < -0.4 is 0 Å². The van der Waals surface area contributed by atoms with E-state index in [1.807, 2.05) is 31.5 Å². The second kappa shape index (κ2) is 8.07. The van der Waals surface area contributed by atoms with E-state index in [9.17, 15) is 13.2 Å². The van der Waals surface area contributed by atoms with Crippen molar-refractivity contribution in [2.75, 3.05) is 19.9 Å². The zero-order chi connectivity index (χ0) is 18.6. The number of hydrogen-bond acceptors (Lipinski definition) is 7. The molecule has 1 aromatic heterocycles. The van der Waals surface area contributed by atoms with Gasteiger partial charge in [0.05, 0.1) is 17.2 Å². The molecule has 1 aromatic carbocycles. The lowest BCUT2D eigenvalue weighted by Crippen LogP contribution is -2.22. The molecule has 0 aliphatic heterocycles. The third-order valence-electron chi connectivity index (χ3n) is 3.87. The Morgan fingerprint density at radius 2 is 1.96 bits per heavy atom. The highest BCUT2D eigenvalue weighted by molar-refractivity contribution is 7.90. The van der Waals surface area contributed by atoms with Crippen molar-refractivity contribution < 1.29 is 17.9 Å². The van der Waals surface area contributed by atoms with Gasteiger partial charge < -0.3 is 4.74 Å². The molecule has 25 heavy (non-hydrogen) atoms. The van der Waals surface area contributed by atoms with Crippen LogP contribution >= 0.6 is 11.3 Å². The van der Waals surface area contributed by atoms with Gasteiger partial charge in [-0.25, -0.2) is 18.2 Å². The molecule has 0 unspecified atom stereocenters. The van der Waals surface area contributed by atoms with Crippen LogP contribution in [0.4, 0.5) is 0 Å². The number of benzene rings is 1. The first-order valence-electron chi connectivity index (χ1n) is 7.84. The van der Waals surface area contributed by atoms with Crippen molar-refractivity contribution in [2.45, 2.75) is 31.3 Å². The zero-order valence-corrected chi connectivity index (χ0v) is 16.4. The summed E-state index contributed by atoms with van der Waals surface area (Å²) in [6, 6.07) is 6.96. The molecule has 1 atom stereocenters. The number of esters is 1. The quantitative estimate of drug-likeness (QED) is 0.685. The molecule has 0 spiro atoms. The minimum absolute atomic E-state index is 0.0707. The predicted octanol–water partition coefficient (Wildman–Crippen LogP) is 2.92. The first kappa shape index (κ1) is 19.6. The number of rotatable bonds is 7. The standard InChI is InChI=1S/C17H22N2O4S2/c1-5-23-17(20)16-18-14(11-24-16)10-19(3)12(2)13-6-8-15(9-7-13)25(4,21)22/h6-9,11-12H,5,10H2,1-4H3/t12-/m1/s1. The SMILES string of the molecule is CCOC(=O)c1nc(CN(C)[C@H](C)c2ccc(S(C)(=O)=O)cc2)cs1. The van der Waals surface area contributed by atoms with E-state index in [1.165, 1.54) is 17.6 Å². The van der Waals surface area contributed by atoms with Crippen LogP contribution in [0.5, 0.6) is 0 Å². The number of nitrogens with zero attached hydrogens (tertiary/aromatic N) is 2. The molecule has 1 heterocycles. The average molecular weight is 383 g/mol. The van der Waals surface area contributed by atoms with Crippen LogP contribution in [-0.2, 0) is 21.1 Å². The highest BCUT2D eigenvalue weighted by Crippen LogP contribution is 2.23. The molecular formula is C17H22N2O4S2. The molecule has 0 aliphatic rings. The summed E-state index contributed by atoms with van der Waals surface area (Å²) in [6.07, 6.45) is 1.20. The molecule has 0 aliphatic carbocycles. The molecule has 8 heteroatoms. The van der Waals surface area contributed by atoms with Gasteiger partial charge in [0.15, 0.2) is 9.84 Å². The molecule has 0 radical (unpaired) electrons. The molecule has 6 nitrogen and oxygen atoms in total. The third kappa shape index (κ3) is 5.10. The van der Waals surface area contributed by atoms with Crippen LogP contribution in [0.3, 0.4) is 0 Å². The molecular weight excluding hydrogens is 360 g/mol. The second-order valence-electron chi connectivity index (χ2n) is 5.80. The number of sulfone groups is 1. The maximum absolute atomic E-state index is 11.7. The molecule has 0 bridgehead atoms. The first-order valence-corrected chi connectivity index (χ1v) is 10.6. The van der Waals surface area contributed by atoms with E-state index in [0.29, 0.717) is 23.1 Å². The van der Waals surface area contributed by atoms with E-state index < -0.39 is 15.8 Å². The summed E-state index contributed by atoms with van der Waals surface area (Å²) in [5.74, 6) is -0.397. The molecule has 2 aromatic rings. The summed E-state index contributed by atoms with van der Waals surface area (Å²) in [4.78, 5) is 18.4. The van der Waals surface area contributed by atoms with Crippen LogP contribution in [-0.4, -0.2) is 44.2 Å². The smallest absolute Gasteiger partial charge is 0.367 e. The van der Waals surface area contributed by atoms with Crippen molar-refractivity contribution in [3.63, 3.8) is 0 Å². The van der Waals surface area contributed by atoms with E-state index in [-0.39, 0.29) is 6.04 Å². The Morgan fingerprint density at radius 1 is 1.32 bits per heavy atom. The van der Waals surface area contributed by atoms with Crippen molar-refractivity contribution in [3.8, 4) is 0 Å². The van der Waals surface area contributed by atoms with Gasteiger partial charge >= 0.3 is 5.97 Å². The van der Waals surface area contributed by atoms with Crippen LogP contribution in [0.25, 0.3) is 0 Å². The predicted molar refractivity (Wildman–Crippen MR) is 97.5 cm³/mol. The maximum Gasteiger partial charge on any atom is 0.367 e. The van der Waals surface area contributed by atoms with E-state index in [4.69, 9.17) is 4.74 Å². The number of aromatic nitrogens is 1.